The molecule has 8 heteroatoms. The summed E-state index contributed by atoms with van der Waals surface area (Å²) < 4.78 is 7.35. The number of rotatable bonds is 9. The molecule has 3 N–H and O–H groups in total. The zero-order chi connectivity index (χ0) is 22.3. The van der Waals surface area contributed by atoms with Crippen molar-refractivity contribution in [3.63, 3.8) is 0 Å². The number of carbonyl (C=O) groups excluding carboxylic acids is 1. The predicted molar refractivity (Wildman–Crippen MR) is 124 cm³/mol. The maximum atomic E-state index is 12.9. The number of fused-ring (bicyclic) bond motifs is 1. The van der Waals surface area contributed by atoms with Crippen LogP contribution in [0.15, 0.2) is 42.7 Å². The van der Waals surface area contributed by atoms with Crippen LogP contribution in [0.25, 0.3) is 11.0 Å². The highest BCUT2D eigenvalue weighted by atomic mass is 16.5. The first-order valence-corrected chi connectivity index (χ1v) is 11.3. The minimum atomic E-state index is -0.337. The number of aryl methyl sites for hydroxylation is 1. The van der Waals surface area contributed by atoms with Crippen LogP contribution in [0.1, 0.15) is 30.9 Å². The summed E-state index contributed by atoms with van der Waals surface area (Å²) in [7, 11) is 0. The van der Waals surface area contributed by atoms with Gasteiger partial charge in [-0.2, -0.15) is 5.10 Å². The van der Waals surface area contributed by atoms with Crippen LogP contribution < -0.4 is 10.6 Å². The molecule has 32 heavy (non-hydrogen) atoms. The van der Waals surface area contributed by atoms with Crippen molar-refractivity contribution < 1.29 is 14.6 Å². The molecule has 3 heterocycles. The molecule has 0 unspecified atom stereocenters. The lowest BCUT2D eigenvalue weighted by Crippen LogP contribution is -2.40. The Balaban J connectivity index is 1.52. The van der Waals surface area contributed by atoms with Crippen molar-refractivity contribution in [3.05, 3.63) is 53.9 Å². The third-order valence-corrected chi connectivity index (χ3v) is 5.88. The lowest BCUT2D eigenvalue weighted by molar-refractivity contribution is -0.121. The molecule has 3 aromatic rings. The van der Waals surface area contributed by atoms with Gasteiger partial charge in [0.25, 0.3) is 0 Å². The third kappa shape index (κ3) is 5.26. The first-order valence-electron chi connectivity index (χ1n) is 11.3. The van der Waals surface area contributed by atoms with E-state index in [1.54, 1.807) is 6.20 Å². The summed E-state index contributed by atoms with van der Waals surface area (Å²) in [5.74, 6) is -0.140. The maximum absolute atomic E-state index is 12.9. The number of pyridine rings is 1. The topological polar surface area (TPSA) is 101 Å². The summed E-state index contributed by atoms with van der Waals surface area (Å²) in [5.41, 5.74) is 3.63. The van der Waals surface area contributed by atoms with Gasteiger partial charge in [0.05, 0.1) is 36.3 Å². The number of aliphatic hydroxyl groups is 1. The van der Waals surface area contributed by atoms with Gasteiger partial charge in [-0.25, -0.2) is 9.67 Å². The molecule has 4 rings (SSSR count). The van der Waals surface area contributed by atoms with E-state index in [9.17, 15) is 9.90 Å². The highest BCUT2D eigenvalue weighted by Gasteiger charge is 2.21. The van der Waals surface area contributed by atoms with Gasteiger partial charge in [0.2, 0.25) is 5.91 Å². The number of nitrogens with zero attached hydrogens (tertiary/aromatic N) is 3. The lowest BCUT2D eigenvalue weighted by Gasteiger charge is -2.26. The summed E-state index contributed by atoms with van der Waals surface area (Å²) in [6.07, 6.45) is 6.18. The largest absolute Gasteiger partial charge is 0.394 e. The van der Waals surface area contributed by atoms with Crippen LogP contribution in [0.5, 0.6) is 0 Å². The first kappa shape index (κ1) is 22.2. The molecular weight excluding hydrogens is 406 g/mol. The first-order chi connectivity index (χ1) is 15.7. The molecular formula is C24H31N5O3. The summed E-state index contributed by atoms with van der Waals surface area (Å²) in [6.45, 7) is 4.10. The second kappa shape index (κ2) is 10.6. The van der Waals surface area contributed by atoms with Crippen molar-refractivity contribution in [2.24, 2.45) is 0 Å². The van der Waals surface area contributed by atoms with Gasteiger partial charge < -0.3 is 20.5 Å². The van der Waals surface area contributed by atoms with Gasteiger partial charge in [0.1, 0.15) is 0 Å². The Bertz CT molecular complexity index is 1030. The highest BCUT2D eigenvalue weighted by molar-refractivity contribution is 5.93. The molecule has 1 aliphatic heterocycles. The molecule has 1 saturated heterocycles. The van der Waals surface area contributed by atoms with E-state index < -0.39 is 0 Å². The average Bonchev–Trinajstić information content (AvgIpc) is 3.25. The zero-order valence-electron chi connectivity index (χ0n) is 18.5. The minimum absolute atomic E-state index is 0.117. The molecule has 0 spiro atoms. The van der Waals surface area contributed by atoms with Gasteiger partial charge in [-0.3, -0.25) is 4.79 Å². The number of carbonyl (C=O) groups is 1. The van der Waals surface area contributed by atoms with Crippen molar-refractivity contribution in [1.29, 1.82) is 0 Å². The molecule has 0 radical (unpaired) electrons. The van der Waals surface area contributed by atoms with Crippen LogP contribution in [0.4, 0.5) is 5.69 Å². The van der Waals surface area contributed by atoms with Crippen LogP contribution in [-0.2, 0) is 28.9 Å². The van der Waals surface area contributed by atoms with Crippen molar-refractivity contribution in [2.45, 2.75) is 51.2 Å². The van der Waals surface area contributed by atoms with E-state index in [4.69, 9.17) is 4.74 Å². The molecule has 0 bridgehead atoms. The standard InChI is InChI=1S/C24H31N5O3/c1-2-29-24-21(15-26-29)23(28-19-8-10-32-11-9-19)18(14-25-24)13-22(31)27-20(16-30)12-17-6-4-3-5-7-17/h3-7,14-15,19-20,30H,2,8-13,16H2,1H3,(H,25,28)(H,27,31)/t20-/m1/s1. The predicted octanol–water partition coefficient (Wildman–Crippen LogP) is 2.30. The Kier molecular flexibility index (Phi) is 7.34. The monoisotopic (exact) mass is 437 g/mol. The Morgan fingerprint density at radius 1 is 1.25 bits per heavy atom. The van der Waals surface area contributed by atoms with E-state index in [1.807, 2.05) is 48.1 Å². The Hall–Kier alpha value is -2.97. The molecule has 1 aliphatic rings. The van der Waals surface area contributed by atoms with Gasteiger partial charge >= 0.3 is 0 Å². The number of aliphatic hydroxyl groups excluding tert-OH is 1. The molecule has 1 aromatic carbocycles. The summed E-state index contributed by atoms with van der Waals surface area (Å²) in [4.78, 5) is 17.5. The van der Waals surface area contributed by atoms with Gasteiger partial charge in [-0.05, 0) is 31.7 Å². The van der Waals surface area contributed by atoms with E-state index in [1.165, 1.54) is 0 Å². The Morgan fingerprint density at radius 3 is 2.75 bits per heavy atom. The van der Waals surface area contributed by atoms with E-state index >= 15 is 0 Å². The fraction of sp³-hybridized carbons (Fsp3) is 0.458. The maximum Gasteiger partial charge on any atom is 0.224 e. The van der Waals surface area contributed by atoms with Crippen LogP contribution in [0.2, 0.25) is 0 Å². The summed E-state index contributed by atoms with van der Waals surface area (Å²) in [5, 5.41) is 21.8. The van der Waals surface area contributed by atoms with Gasteiger partial charge in [-0.1, -0.05) is 30.3 Å². The fourth-order valence-electron chi connectivity index (χ4n) is 4.16. The second-order valence-corrected chi connectivity index (χ2v) is 8.20. The van der Waals surface area contributed by atoms with Crippen molar-refractivity contribution in [2.75, 3.05) is 25.1 Å². The molecule has 0 aliphatic carbocycles. The molecule has 170 valence electrons. The lowest BCUT2D eigenvalue weighted by atomic mass is 10.0. The number of hydrogen-bond donors (Lipinski definition) is 3. The SMILES string of the molecule is CCn1ncc2c(NC3CCOCC3)c(CC(=O)N[C@@H](CO)Cc3ccccc3)cnc21. The van der Waals surface area contributed by atoms with Crippen molar-refractivity contribution >= 4 is 22.6 Å². The second-order valence-electron chi connectivity index (χ2n) is 8.20. The molecule has 2 aromatic heterocycles. The van der Waals surface area contributed by atoms with Crippen LogP contribution in [0, 0.1) is 0 Å². The number of nitrogens with one attached hydrogen (secondary N) is 2. The molecule has 1 atom stereocenters. The number of hydrogen-bond acceptors (Lipinski definition) is 6. The quantitative estimate of drug-likeness (QED) is 0.475. The van der Waals surface area contributed by atoms with Gasteiger partial charge in [0, 0.05) is 37.6 Å². The molecule has 1 amide bonds. The average molecular weight is 438 g/mol. The van der Waals surface area contributed by atoms with Crippen LogP contribution in [-0.4, -0.2) is 57.7 Å². The number of benzene rings is 1. The smallest absolute Gasteiger partial charge is 0.224 e. The van der Waals surface area contributed by atoms with Gasteiger partial charge in [0.15, 0.2) is 5.65 Å². The minimum Gasteiger partial charge on any atom is -0.394 e. The third-order valence-electron chi connectivity index (χ3n) is 5.88. The van der Waals surface area contributed by atoms with Crippen LogP contribution in [0.3, 0.4) is 0 Å². The van der Waals surface area contributed by atoms with Crippen molar-refractivity contribution in [3.8, 4) is 0 Å². The fourth-order valence-corrected chi connectivity index (χ4v) is 4.16. The Morgan fingerprint density at radius 2 is 2.03 bits per heavy atom. The number of aromatic nitrogens is 3. The summed E-state index contributed by atoms with van der Waals surface area (Å²) >= 11 is 0. The zero-order valence-corrected chi connectivity index (χ0v) is 18.5. The molecule has 8 nitrogen and oxygen atoms in total. The highest BCUT2D eigenvalue weighted by Crippen LogP contribution is 2.28. The number of ether oxygens (including phenoxy) is 1. The summed E-state index contributed by atoms with van der Waals surface area (Å²) in [6, 6.07) is 9.80. The number of anilines is 1. The Labute approximate surface area is 188 Å². The van der Waals surface area contributed by atoms with E-state index in [-0.39, 0.29) is 31.0 Å². The van der Waals surface area contributed by atoms with E-state index in [2.05, 4.69) is 20.7 Å². The molecule has 0 saturated carbocycles. The van der Waals surface area contributed by atoms with Gasteiger partial charge in [-0.15, -0.1) is 0 Å². The normalized spacial score (nSPS) is 15.6. The number of amides is 1. The van der Waals surface area contributed by atoms with Crippen LogP contribution >= 0.6 is 0 Å². The van der Waals surface area contributed by atoms with E-state index in [0.29, 0.717) is 6.42 Å². The van der Waals surface area contributed by atoms with E-state index in [0.717, 1.165) is 60.4 Å². The molecule has 1 fully saturated rings. The van der Waals surface area contributed by atoms with Crippen molar-refractivity contribution in [1.82, 2.24) is 20.1 Å².